The summed E-state index contributed by atoms with van der Waals surface area (Å²) in [7, 11) is 4.00. The van der Waals surface area contributed by atoms with Crippen LogP contribution in [-0.4, -0.2) is 43.9 Å². The van der Waals surface area contributed by atoms with Crippen molar-refractivity contribution < 1.29 is 9.59 Å². The topological polar surface area (TPSA) is 61.4 Å². The minimum absolute atomic E-state index is 0.0615. The van der Waals surface area contributed by atoms with Gasteiger partial charge < -0.3 is 15.5 Å². The summed E-state index contributed by atoms with van der Waals surface area (Å²) in [6.45, 7) is 3.37. The lowest BCUT2D eigenvalue weighted by Gasteiger charge is -2.10. The van der Waals surface area contributed by atoms with Crippen LogP contribution in [0.15, 0.2) is 24.3 Å². The third kappa shape index (κ3) is 5.84. The molecule has 0 atom stereocenters. The first-order valence-corrected chi connectivity index (χ1v) is 6.85. The summed E-state index contributed by atoms with van der Waals surface area (Å²) in [5.41, 5.74) is 1.21. The number of hydrogen-bond acceptors (Lipinski definition) is 3. The number of carbonyl (C=O) groups excluding carboxylic acids is 2. The molecule has 1 aromatic rings. The van der Waals surface area contributed by atoms with Crippen LogP contribution in [0, 0.1) is 0 Å². The lowest BCUT2D eigenvalue weighted by atomic mass is 10.2. The molecule has 1 rings (SSSR count). The molecule has 5 heteroatoms. The van der Waals surface area contributed by atoms with Gasteiger partial charge in [0.15, 0.2) is 0 Å². The van der Waals surface area contributed by atoms with Gasteiger partial charge in [0.2, 0.25) is 5.91 Å². The highest BCUT2D eigenvalue weighted by atomic mass is 16.2. The van der Waals surface area contributed by atoms with E-state index >= 15 is 0 Å². The molecule has 20 heavy (non-hydrogen) atoms. The summed E-state index contributed by atoms with van der Waals surface area (Å²) >= 11 is 0. The van der Waals surface area contributed by atoms with E-state index in [1.165, 1.54) is 0 Å². The number of amides is 2. The molecular weight excluding hydrogens is 254 g/mol. The highest BCUT2D eigenvalue weighted by molar-refractivity contribution is 5.97. The molecule has 0 aliphatic heterocycles. The molecule has 0 heterocycles. The van der Waals surface area contributed by atoms with Gasteiger partial charge in [-0.2, -0.15) is 0 Å². The van der Waals surface area contributed by atoms with Gasteiger partial charge in [-0.3, -0.25) is 9.59 Å². The van der Waals surface area contributed by atoms with E-state index in [9.17, 15) is 9.59 Å². The lowest BCUT2D eigenvalue weighted by molar-refractivity contribution is -0.115. The number of benzene rings is 1. The Labute approximate surface area is 120 Å². The molecule has 1 aromatic carbocycles. The summed E-state index contributed by atoms with van der Waals surface area (Å²) in [5.74, 6) is -0.176. The highest BCUT2D eigenvalue weighted by Crippen LogP contribution is 2.11. The standard InChI is InChI=1S/C15H23N3O2/c1-4-14(19)17-13-8-5-7-12(11-13)15(20)16-9-6-10-18(2)3/h5,7-8,11H,4,6,9-10H2,1-3H3,(H,16,20)(H,17,19). The first-order valence-electron chi connectivity index (χ1n) is 6.85. The van der Waals surface area contributed by atoms with Gasteiger partial charge in [0.05, 0.1) is 0 Å². The summed E-state index contributed by atoms with van der Waals surface area (Å²) < 4.78 is 0. The van der Waals surface area contributed by atoms with E-state index in [1.807, 2.05) is 14.1 Å². The SMILES string of the molecule is CCC(=O)Nc1cccc(C(=O)NCCCN(C)C)c1. The fourth-order valence-corrected chi connectivity index (χ4v) is 1.69. The minimum atomic E-state index is -0.114. The van der Waals surface area contributed by atoms with Gasteiger partial charge >= 0.3 is 0 Å². The second-order valence-electron chi connectivity index (χ2n) is 4.90. The Kier molecular flexibility index (Phi) is 6.73. The molecule has 0 aromatic heterocycles. The van der Waals surface area contributed by atoms with Crippen molar-refractivity contribution in [1.82, 2.24) is 10.2 Å². The van der Waals surface area contributed by atoms with Crippen molar-refractivity contribution in [2.24, 2.45) is 0 Å². The fourth-order valence-electron chi connectivity index (χ4n) is 1.69. The van der Waals surface area contributed by atoms with Gasteiger partial charge in [-0.1, -0.05) is 13.0 Å². The molecule has 0 radical (unpaired) electrons. The van der Waals surface area contributed by atoms with Crippen LogP contribution < -0.4 is 10.6 Å². The Bertz CT molecular complexity index is 458. The zero-order valence-corrected chi connectivity index (χ0v) is 12.4. The maximum absolute atomic E-state index is 12.0. The molecule has 2 amide bonds. The van der Waals surface area contributed by atoms with Crippen LogP contribution in [-0.2, 0) is 4.79 Å². The molecule has 110 valence electrons. The minimum Gasteiger partial charge on any atom is -0.352 e. The Morgan fingerprint density at radius 1 is 1.25 bits per heavy atom. The third-order valence-corrected chi connectivity index (χ3v) is 2.80. The molecule has 0 aliphatic carbocycles. The second-order valence-corrected chi connectivity index (χ2v) is 4.90. The number of nitrogens with zero attached hydrogens (tertiary/aromatic N) is 1. The number of hydrogen-bond donors (Lipinski definition) is 2. The van der Waals surface area contributed by atoms with Gasteiger partial charge in [0.1, 0.15) is 0 Å². The number of nitrogens with one attached hydrogen (secondary N) is 2. The van der Waals surface area contributed by atoms with Crippen LogP contribution in [0.25, 0.3) is 0 Å². The molecular formula is C15H23N3O2. The molecule has 5 nitrogen and oxygen atoms in total. The van der Waals surface area contributed by atoms with Gasteiger partial charge in [0.25, 0.3) is 5.91 Å². The zero-order valence-electron chi connectivity index (χ0n) is 12.4. The van der Waals surface area contributed by atoms with E-state index in [0.717, 1.165) is 13.0 Å². The van der Waals surface area contributed by atoms with Crippen LogP contribution in [0.1, 0.15) is 30.1 Å². The summed E-state index contributed by atoms with van der Waals surface area (Å²) in [6.07, 6.45) is 1.33. The lowest BCUT2D eigenvalue weighted by Crippen LogP contribution is -2.27. The van der Waals surface area contributed by atoms with Crippen molar-refractivity contribution in [1.29, 1.82) is 0 Å². The van der Waals surface area contributed by atoms with Crippen LogP contribution in [0.4, 0.5) is 5.69 Å². The Hall–Kier alpha value is -1.88. The van der Waals surface area contributed by atoms with Gasteiger partial charge in [-0.25, -0.2) is 0 Å². The molecule has 0 saturated heterocycles. The van der Waals surface area contributed by atoms with Crippen molar-refractivity contribution in [2.45, 2.75) is 19.8 Å². The van der Waals surface area contributed by atoms with E-state index in [0.29, 0.717) is 24.2 Å². The Balaban J connectivity index is 2.51. The molecule has 0 unspecified atom stereocenters. The van der Waals surface area contributed by atoms with Crippen molar-refractivity contribution in [3.05, 3.63) is 29.8 Å². The van der Waals surface area contributed by atoms with Gasteiger partial charge in [-0.15, -0.1) is 0 Å². The van der Waals surface area contributed by atoms with Crippen molar-refractivity contribution in [3.8, 4) is 0 Å². The number of rotatable bonds is 7. The Morgan fingerprint density at radius 2 is 2.00 bits per heavy atom. The predicted molar refractivity (Wildman–Crippen MR) is 80.9 cm³/mol. The van der Waals surface area contributed by atoms with E-state index in [2.05, 4.69) is 15.5 Å². The molecule has 2 N–H and O–H groups in total. The van der Waals surface area contributed by atoms with Crippen LogP contribution in [0.5, 0.6) is 0 Å². The summed E-state index contributed by atoms with van der Waals surface area (Å²) in [5, 5.41) is 5.61. The molecule has 0 spiro atoms. The van der Waals surface area contributed by atoms with Gasteiger partial charge in [0, 0.05) is 24.2 Å². The number of anilines is 1. The largest absolute Gasteiger partial charge is 0.352 e. The zero-order chi connectivity index (χ0) is 15.0. The van der Waals surface area contributed by atoms with E-state index < -0.39 is 0 Å². The smallest absolute Gasteiger partial charge is 0.251 e. The van der Waals surface area contributed by atoms with Crippen molar-refractivity contribution in [3.63, 3.8) is 0 Å². The monoisotopic (exact) mass is 277 g/mol. The van der Waals surface area contributed by atoms with Crippen molar-refractivity contribution >= 4 is 17.5 Å². The van der Waals surface area contributed by atoms with Crippen LogP contribution >= 0.6 is 0 Å². The average Bonchev–Trinajstić information content (AvgIpc) is 2.43. The summed E-state index contributed by atoms with van der Waals surface area (Å²) in [4.78, 5) is 25.4. The predicted octanol–water partition coefficient (Wildman–Crippen LogP) is 1.72. The normalized spacial score (nSPS) is 10.4. The quantitative estimate of drug-likeness (QED) is 0.746. The van der Waals surface area contributed by atoms with E-state index in [1.54, 1.807) is 31.2 Å². The summed E-state index contributed by atoms with van der Waals surface area (Å²) in [6, 6.07) is 6.97. The fraction of sp³-hybridized carbons (Fsp3) is 0.467. The third-order valence-electron chi connectivity index (χ3n) is 2.80. The molecule has 0 fully saturated rings. The maximum atomic E-state index is 12.0. The van der Waals surface area contributed by atoms with Crippen LogP contribution in [0.3, 0.4) is 0 Å². The Morgan fingerprint density at radius 3 is 2.65 bits per heavy atom. The number of carbonyl (C=O) groups is 2. The van der Waals surface area contributed by atoms with Gasteiger partial charge in [-0.05, 0) is 45.3 Å². The van der Waals surface area contributed by atoms with Crippen molar-refractivity contribution in [2.75, 3.05) is 32.5 Å². The molecule has 0 aliphatic rings. The first-order chi connectivity index (χ1) is 9.52. The highest BCUT2D eigenvalue weighted by Gasteiger charge is 2.06. The average molecular weight is 277 g/mol. The van der Waals surface area contributed by atoms with Crippen LogP contribution in [0.2, 0.25) is 0 Å². The maximum Gasteiger partial charge on any atom is 0.251 e. The molecule has 0 saturated carbocycles. The molecule has 0 bridgehead atoms. The first kappa shape index (κ1) is 16.2. The van der Waals surface area contributed by atoms with E-state index in [-0.39, 0.29) is 11.8 Å². The second kappa shape index (κ2) is 8.32. The van der Waals surface area contributed by atoms with E-state index in [4.69, 9.17) is 0 Å².